The molecule has 0 atom stereocenters. The largest absolute Gasteiger partial charge is 0.359 e. The Morgan fingerprint density at radius 1 is 1.05 bits per heavy atom. The Balaban J connectivity index is 2.18. The lowest BCUT2D eigenvalue weighted by Gasteiger charge is -2.17. The fraction of sp³-hybridized carbons (Fsp3) is 0. The Bertz CT molecular complexity index is 747. The number of nitriles is 1. The number of fused-ring (bicyclic) bond motifs is 1. The van der Waals surface area contributed by atoms with Gasteiger partial charge in [-0.15, -0.1) is 0 Å². The first-order valence-corrected chi connectivity index (χ1v) is 5.73. The number of pyridine rings is 1. The van der Waals surface area contributed by atoms with Crippen LogP contribution in [-0.2, 0) is 0 Å². The van der Waals surface area contributed by atoms with Crippen molar-refractivity contribution in [3.05, 3.63) is 64.8 Å². The molecule has 0 amide bonds. The van der Waals surface area contributed by atoms with E-state index in [0.717, 1.165) is 17.1 Å². The highest BCUT2D eigenvalue weighted by Gasteiger charge is 2.11. The minimum absolute atomic E-state index is 0.0598. The molecule has 0 aliphatic carbocycles. The van der Waals surface area contributed by atoms with Gasteiger partial charge in [-0.05, 0) is 12.1 Å². The normalized spacial score (nSPS) is 11.9. The van der Waals surface area contributed by atoms with Gasteiger partial charge in [0, 0.05) is 36.9 Å². The van der Waals surface area contributed by atoms with E-state index in [1.165, 1.54) is 12.1 Å². The maximum atomic E-state index is 11.1. The van der Waals surface area contributed by atoms with Gasteiger partial charge in [0.1, 0.15) is 6.07 Å². The summed E-state index contributed by atoms with van der Waals surface area (Å²) >= 11 is 0. The number of hydrogen-bond acceptors (Lipinski definition) is 4. The van der Waals surface area contributed by atoms with Crippen LogP contribution < -0.4 is 16.1 Å². The second-order valence-electron chi connectivity index (χ2n) is 4.09. The van der Waals surface area contributed by atoms with Crippen molar-refractivity contribution in [2.45, 2.75) is 0 Å². The topological polar surface area (TPSA) is 69.8 Å². The number of nitrogens with zero attached hydrogens (tertiary/aromatic N) is 2. The van der Waals surface area contributed by atoms with E-state index in [9.17, 15) is 10.1 Å². The highest BCUT2D eigenvalue weighted by molar-refractivity contribution is 5.78. The van der Waals surface area contributed by atoms with Crippen molar-refractivity contribution in [1.29, 1.82) is 5.26 Å². The quantitative estimate of drug-likeness (QED) is 0.812. The van der Waals surface area contributed by atoms with Crippen LogP contribution >= 0.6 is 0 Å². The Labute approximate surface area is 109 Å². The maximum Gasteiger partial charge on any atom is 0.181 e. The van der Waals surface area contributed by atoms with Crippen LogP contribution in [0.15, 0.2) is 53.9 Å². The third-order valence-corrected chi connectivity index (χ3v) is 2.89. The zero-order valence-corrected chi connectivity index (χ0v) is 9.92. The molecular weight excluding hydrogens is 240 g/mol. The molecule has 0 bridgehead atoms. The Hall–Kier alpha value is -3.00. The molecule has 2 heterocycles. The van der Waals surface area contributed by atoms with Crippen molar-refractivity contribution >= 4 is 11.4 Å². The van der Waals surface area contributed by atoms with Crippen molar-refractivity contribution in [2.75, 3.05) is 10.6 Å². The van der Waals surface area contributed by atoms with Crippen molar-refractivity contribution in [1.82, 2.24) is 4.57 Å². The zero-order valence-electron chi connectivity index (χ0n) is 9.92. The predicted molar refractivity (Wildman–Crippen MR) is 73.1 cm³/mol. The highest BCUT2D eigenvalue weighted by atomic mass is 16.1. The molecule has 2 N–H and O–H groups in total. The van der Waals surface area contributed by atoms with Crippen molar-refractivity contribution in [3.8, 4) is 11.8 Å². The Morgan fingerprint density at radius 2 is 1.68 bits per heavy atom. The molecule has 19 heavy (non-hydrogen) atoms. The van der Waals surface area contributed by atoms with Gasteiger partial charge >= 0.3 is 0 Å². The molecule has 3 rings (SSSR count). The molecule has 5 nitrogen and oxygen atoms in total. The van der Waals surface area contributed by atoms with Gasteiger partial charge in [0.25, 0.3) is 0 Å². The van der Waals surface area contributed by atoms with E-state index in [0.29, 0.717) is 5.56 Å². The average molecular weight is 250 g/mol. The first-order chi connectivity index (χ1) is 9.28. The highest BCUT2D eigenvalue weighted by Crippen LogP contribution is 2.30. The first kappa shape index (κ1) is 11.1. The van der Waals surface area contributed by atoms with Gasteiger partial charge in [0.05, 0.1) is 22.6 Å². The molecule has 92 valence electrons. The SMILES string of the molecule is N#Cc1cc2c(cc1-n1ccc(=O)cc1)NC=CN2. The van der Waals surface area contributed by atoms with Crippen molar-refractivity contribution < 1.29 is 0 Å². The molecule has 1 aromatic heterocycles. The molecule has 0 unspecified atom stereocenters. The lowest BCUT2D eigenvalue weighted by atomic mass is 10.1. The molecule has 0 fully saturated rings. The molecule has 0 radical (unpaired) electrons. The van der Waals surface area contributed by atoms with Gasteiger partial charge in [-0.1, -0.05) is 0 Å². The van der Waals surface area contributed by atoms with Crippen LogP contribution in [-0.4, -0.2) is 4.57 Å². The molecule has 1 aromatic carbocycles. The molecular formula is C14H10N4O. The summed E-state index contributed by atoms with van der Waals surface area (Å²) in [6.45, 7) is 0. The van der Waals surface area contributed by atoms with Crippen LogP contribution in [0.4, 0.5) is 11.4 Å². The molecule has 1 aliphatic rings. The Morgan fingerprint density at radius 3 is 2.32 bits per heavy atom. The van der Waals surface area contributed by atoms with E-state index in [-0.39, 0.29) is 5.43 Å². The summed E-state index contributed by atoms with van der Waals surface area (Å²) in [6, 6.07) is 8.74. The summed E-state index contributed by atoms with van der Waals surface area (Å²) < 4.78 is 1.75. The molecule has 0 saturated carbocycles. The van der Waals surface area contributed by atoms with Crippen LogP contribution in [0.5, 0.6) is 0 Å². The first-order valence-electron chi connectivity index (χ1n) is 5.73. The molecule has 0 spiro atoms. The van der Waals surface area contributed by atoms with Gasteiger partial charge in [-0.25, -0.2) is 0 Å². The number of hydrogen-bond donors (Lipinski definition) is 2. The van der Waals surface area contributed by atoms with Crippen molar-refractivity contribution in [3.63, 3.8) is 0 Å². The van der Waals surface area contributed by atoms with Gasteiger partial charge in [-0.2, -0.15) is 5.26 Å². The van der Waals surface area contributed by atoms with Gasteiger partial charge < -0.3 is 15.2 Å². The Kier molecular flexibility index (Phi) is 2.54. The zero-order chi connectivity index (χ0) is 13.2. The number of anilines is 2. The number of aromatic nitrogens is 1. The van der Waals surface area contributed by atoms with E-state index in [1.54, 1.807) is 35.4 Å². The van der Waals surface area contributed by atoms with Crippen LogP contribution in [0.25, 0.3) is 5.69 Å². The van der Waals surface area contributed by atoms with E-state index in [4.69, 9.17) is 0 Å². The van der Waals surface area contributed by atoms with Crippen LogP contribution in [0.1, 0.15) is 5.56 Å². The van der Waals surface area contributed by atoms with E-state index >= 15 is 0 Å². The van der Waals surface area contributed by atoms with Crippen LogP contribution in [0.3, 0.4) is 0 Å². The third-order valence-electron chi connectivity index (χ3n) is 2.89. The number of nitrogens with one attached hydrogen (secondary N) is 2. The molecule has 1 aliphatic heterocycles. The van der Waals surface area contributed by atoms with E-state index in [1.807, 2.05) is 6.07 Å². The van der Waals surface area contributed by atoms with Gasteiger partial charge in [0.15, 0.2) is 5.43 Å². The lowest BCUT2D eigenvalue weighted by Crippen LogP contribution is -2.07. The summed E-state index contributed by atoms with van der Waals surface area (Å²) in [5, 5.41) is 15.4. The second kappa shape index (κ2) is 4.35. The smallest absolute Gasteiger partial charge is 0.181 e. The van der Waals surface area contributed by atoms with Crippen LogP contribution in [0, 0.1) is 11.3 Å². The summed E-state index contributed by atoms with van der Waals surface area (Å²) in [5.74, 6) is 0. The summed E-state index contributed by atoms with van der Waals surface area (Å²) in [6.07, 6.45) is 6.85. The number of benzene rings is 1. The standard InChI is InChI=1S/C14H10N4O/c15-9-10-7-12-13(17-4-3-16-12)8-14(10)18-5-1-11(19)2-6-18/h1-8,16-17H. The third kappa shape index (κ3) is 1.96. The molecule has 5 heteroatoms. The minimum atomic E-state index is -0.0598. The summed E-state index contributed by atoms with van der Waals surface area (Å²) in [7, 11) is 0. The van der Waals surface area contributed by atoms with Gasteiger partial charge in [0.2, 0.25) is 0 Å². The minimum Gasteiger partial charge on any atom is -0.359 e. The predicted octanol–water partition coefficient (Wildman–Crippen LogP) is 2.02. The monoisotopic (exact) mass is 250 g/mol. The molecule has 0 saturated heterocycles. The lowest BCUT2D eigenvalue weighted by molar-refractivity contribution is 1.03. The summed E-state index contributed by atoms with van der Waals surface area (Å²) in [4.78, 5) is 11.1. The average Bonchev–Trinajstić information content (AvgIpc) is 2.46. The second-order valence-corrected chi connectivity index (χ2v) is 4.09. The fourth-order valence-corrected chi connectivity index (χ4v) is 1.97. The van der Waals surface area contributed by atoms with E-state index < -0.39 is 0 Å². The van der Waals surface area contributed by atoms with Crippen LogP contribution in [0.2, 0.25) is 0 Å². The molecule has 2 aromatic rings. The van der Waals surface area contributed by atoms with Crippen molar-refractivity contribution in [2.24, 2.45) is 0 Å². The summed E-state index contributed by atoms with van der Waals surface area (Å²) in [5.41, 5.74) is 2.94. The maximum absolute atomic E-state index is 11.1. The fourth-order valence-electron chi connectivity index (χ4n) is 1.97. The number of rotatable bonds is 1. The van der Waals surface area contributed by atoms with Gasteiger partial charge in [-0.3, -0.25) is 4.79 Å². The van der Waals surface area contributed by atoms with E-state index in [2.05, 4.69) is 16.7 Å².